The van der Waals surface area contributed by atoms with Gasteiger partial charge in [-0.15, -0.1) is 0 Å². The van der Waals surface area contributed by atoms with Crippen molar-refractivity contribution in [1.82, 2.24) is 19.9 Å². The van der Waals surface area contributed by atoms with Crippen molar-refractivity contribution in [2.24, 2.45) is 0 Å². The summed E-state index contributed by atoms with van der Waals surface area (Å²) in [6.07, 6.45) is 7.34. The smallest absolute Gasteiger partial charge is 0.247 e. The standard InChI is InChI=1S/C23H21N5O2/c1-4-16-10-21(27-13-26-16)20-12-25-23-19(20)8-15(11-24-23)14-6-17(28-22(29)5-2)9-18(7-14)30-3/h5-13H,2,4H2,1,3H3,(H,24,25)(H,28,29). The van der Waals surface area contributed by atoms with Crippen molar-refractivity contribution in [2.45, 2.75) is 13.3 Å². The van der Waals surface area contributed by atoms with E-state index in [1.54, 1.807) is 25.7 Å². The number of aryl methyl sites for hydroxylation is 1. The fourth-order valence-electron chi connectivity index (χ4n) is 3.26. The highest BCUT2D eigenvalue weighted by Crippen LogP contribution is 2.33. The highest BCUT2D eigenvalue weighted by atomic mass is 16.5. The summed E-state index contributed by atoms with van der Waals surface area (Å²) < 4.78 is 5.40. The van der Waals surface area contributed by atoms with Gasteiger partial charge in [-0.25, -0.2) is 15.0 Å². The molecule has 1 aromatic carbocycles. The first-order valence-electron chi connectivity index (χ1n) is 9.52. The summed E-state index contributed by atoms with van der Waals surface area (Å²) in [4.78, 5) is 28.2. The van der Waals surface area contributed by atoms with Crippen molar-refractivity contribution in [3.63, 3.8) is 0 Å². The van der Waals surface area contributed by atoms with Crippen LogP contribution < -0.4 is 10.1 Å². The number of methoxy groups -OCH3 is 1. The van der Waals surface area contributed by atoms with Gasteiger partial charge in [0, 0.05) is 46.4 Å². The zero-order valence-electron chi connectivity index (χ0n) is 16.8. The van der Waals surface area contributed by atoms with Crippen LogP contribution in [0.15, 0.2) is 61.7 Å². The van der Waals surface area contributed by atoms with Crippen LogP contribution in [0.1, 0.15) is 12.6 Å². The first kappa shape index (κ1) is 19.3. The van der Waals surface area contributed by atoms with Gasteiger partial charge in [-0.2, -0.15) is 0 Å². The van der Waals surface area contributed by atoms with E-state index in [-0.39, 0.29) is 5.91 Å². The summed E-state index contributed by atoms with van der Waals surface area (Å²) in [5.74, 6) is 0.343. The summed E-state index contributed by atoms with van der Waals surface area (Å²) >= 11 is 0. The largest absolute Gasteiger partial charge is 0.497 e. The lowest BCUT2D eigenvalue weighted by atomic mass is 10.0. The fourth-order valence-corrected chi connectivity index (χ4v) is 3.26. The molecule has 7 heteroatoms. The number of pyridine rings is 1. The number of nitrogens with one attached hydrogen (secondary N) is 2. The van der Waals surface area contributed by atoms with Crippen molar-refractivity contribution in [1.29, 1.82) is 0 Å². The molecular formula is C23H21N5O2. The molecule has 0 radical (unpaired) electrons. The number of rotatable bonds is 6. The summed E-state index contributed by atoms with van der Waals surface area (Å²) in [6, 6.07) is 9.57. The van der Waals surface area contributed by atoms with Gasteiger partial charge >= 0.3 is 0 Å². The molecule has 2 N–H and O–H groups in total. The number of benzene rings is 1. The second-order valence-corrected chi connectivity index (χ2v) is 6.71. The quantitative estimate of drug-likeness (QED) is 0.469. The molecule has 0 saturated carbocycles. The number of aromatic amines is 1. The number of anilines is 1. The number of ether oxygens (including phenoxy) is 1. The number of hydrogen-bond donors (Lipinski definition) is 2. The van der Waals surface area contributed by atoms with E-state index in [1.165, 1.54) is 6.08 Å². The molecule has 4 rings (SSSR count). The van der Waals surface area contributed by atoms with Gasteiger partial charge in [0.05, 0.1) is 12.8 Å². The Morgan fingerprint density at radius 1 is 1.17 bits per heavy atom. The molecule has 0 aliphatic rings. The highest BCUT2D eigenvalue weighted by Gasteiger charge is 2.12. The Labute approximate surface area is 173 Å². The molecule has 150 valence electrons. The maximum Gasteiger partial charge on any atom is 0.247 e. The maximum atomic E-state index is 11.7. The van der Waals surface area contributed by atoms with E-state index in [0.717, 1.165) is 45.5 Å². The van der Waals surface area contributed by atoms with Crippen molar-refractivity contribution in [3.05, 3.63) is 67.4 Å². The second kappa shape index (κ2) is 8.16. The van der Waals surface area contributed by atoms with Gasteiger partial charge in [0.1, 0.15) is 17.7 Å². The van der Waals surface area contributed by atoms with E-state index in [4.69, 9.17) is 4.74 Å². The first-order chi connectivity index (χ1) is 14.6. The molecule has 0 unspecified atom stereocenters. The van der Waals surface area contributed by atoms with Crippen molar-refractivity contribution in [2.75, 3.05) is 12.4 Å². The van der Waals surface area contributed by atoms with Crippen molar-refractivity contribution < 1.29 is 9.53 Å². The Kier molecular flexibility index (Phi) is 5.26. The molecule has 0 aliphatic heterocycles. The Morgan fingerprint density at radius 2 is 2.03 bits per heavy atom. The molecule has 7 nitrogen and oxygen atoms in total. The predicted molar refractivity (Wildman–Crippen MR) is 117 cm³/mol. The zero-order valence-corrected chi connectivity index (χ0v) is 16.8. The molecule has 0 aliphatic carbocycles. The van der Waals surface area contributed by atoms with Gasteiger partial charge in [0.2, 0.25) is 5.91 Å². The normalized spacial score (nSPS) is 10.7. The van der Waals surface area contributed by atoms with Gasteiger partial charge in [-0.1, -0.05) is 13.5 Å². The summed E-state index contributed by atoms with van der Waals surface area (Å²) in [7, 11) is 1.59. The number of aromatic nitrogens is 4. The summed E-state index contributed by atoms with van der Waals surface area (Å²) in [5, 5.41) is 3.73. The lowest BCUT2D eigenvalue weighted by molar-refractivity contribution is -0.111. The average molecular weight is 399 g/mol. The SMILES string of the molecule is C=CC(=O)Nc1cc(OC)cc(-c2cnc3[nH]cc(-c4cc(CC)ncn4)c3c2)c1. The Bertz CT molecular complexity index is 1250. The summed E-state index contributed by atoms with van der Waals surface area (Å²) in [6.45, 7) is 5.55. The average Bonchev–Trinajstić information content (AvgIpc) is 3.22. The highest BCUT2D eigenvalue weighted by molar-refractivity contribution is 6.00. The van der Waals surface area contributed by atoms with Crippen LogP contribution in [0, 0.1) is 0 Å². The Hall–Kier alpha value is -4.00. The van der Waals surface area contributed by atoms with Crippen LogP contribution in [-0.4, -0.2) is 33.0 Å². The molecule has 3 aromatic heterocycles. The number of hydrogen-bond acceptors (Lipinski definition) is 5. The van der Waals surface area contributed by atoms with Gasteiger partial charge < -0.3 is 15.0 Å². The number of carbonyl (C=O) groups excluding carboxylic acids is 1. The zero-order chi connectivity index (χ0) is 21.1. The lowest BCUT2D eigenvalue weighted by Crippen LogP contribution is -2.07. The van der Waals surface area contributed by atoms with E-state index in [1.807, 2.05) is 24.4 Å². The molecule has 0 saturated heterocycles. The van der Waals surface area contributed by atoms with Gasteiger partial charge in [-0.05, 0) is 42.3 Å². The molecule has 0 atom stereocenters. The molecule has 0 bridgehead atoms. The van der Waals surface area contributed by atoms with E-state index in [0.29, 0.717) is 11.4 Å². The molecule has 4 aromatic rings. The van der Waals surface area contributed by atoms with Gasteiger partial charge in [0.15, 0.2) is 0 Å². The third kappa shape index (κ3) is 3.77. The Morgan fingerprint density at radius 3 is 2.80 bits per heavy atom. The monoisotopic (exact) mass is 399 g/mol. The van der Waals surface area contributed by atoms with E-state index < -0.39 is 0 Å². The molecule has 0 spiro atoms. The molecule has 1 amide bonds. The third-order valence-electron chi connectivity index (χ3n) is 4.82. The number of H-pyrrole nitrogens is 1. The molecule has 0 fully saturated rings. The van der Waals surface area contributed by atoms with Crippen LogP contribution in [0.25, 0.3) is 33.4 Å². The topological polar surface area (TPSA) is 92.8 Å². The first-order valence-corrected chi connectivity index (χ1v) is 9.52. The van der Waals surface area contributed by atoms with Crippen molar-refractivity contribution in [3.8, 4) is 28.1 Å². The van der Waals surface area contributed by atoms with E-state index >= 15 is 0 Å². The number of amides is 1. The number of carbonyl (C=O) groups is 1. The van der Waals surface area contributed by atoms with Crippen LogP contribution in [0.5, 0.6) is 5.75 Å². The lowest BCUT2D eigenvalue weighted by Gasteiger charge is -2.10. The second-order valence-electron chi connectivity index (χ2n) is 6.71. The minimum atomic E-state index is -0.286. The van der Waals surface area contributed by atoms with Crippen LogP contribution in [0.3, 0.4) is 0 Å². The predicted octanol–water partition coefficient (Wildman–Crippen LogP) is 4.38. The van der Waals surface area contributed by atoms with Gasteiger partial charge in [-0.3, -0.25) is 4.79 Å². The van der Waals surface area contributed by atoms with Crippen LogP contribution in [0.4, 0.5) is 5.69 Å². The number of nitrogens with zero attached hydrogens (tertiary/aromatic N) is 3. The minimum Gasteiger partial charge on any atom is -0.497 e. The van der Waals surface area contributed by atoms with E-state index in [2.05, 4.69) is 44.8 Å². The number of fused-ring (bicyclic) bond motifs is 1. The van der Waals surface area contributed by atoms with Gasteiger partial charge in [0.25, 0.3) is 0 Å². The Balaban J connectivity index is 1.81. The van der Waals surface area contributed by atoms with Crippen LogP contribution >= 0.6 is 0 Å². The van der Waals surface area contributed by atoms with Crippen LogP contribution in [-0.2, 0) is 11.2 Å². The van der Waals surface area contributed by atoms with E-state index in [9.17, 15) is 4.79 Å². The van der Waals surface area contributed by atoms with Crippen LogP contribution in [0.2, 0.25) is 0 Å². The third-order valence-corrected chi connectivity index (χ3v) is 4.82. The molecular weight excluding hydrogens is 378 g/mol. The fraction of sp³-hybridized carbons (Fsp3) is 0.130. The summed E-state index contributed by atoms with van der Waals surface area (Å²) in [5.41, 5.74) is 5.93. The molecule has 3 heterocycles. The minimum absolute atomic E-state index is 0.286. The van der Waals surface area contributed by atoms with Crippen molar-refractivity contribution >= 4 is 22.6 Å². The molecule has 30 heavy (non-hydrogen) atoms. The maximum absolute atomic E-state index is 11.7.